The monoisotopic (exact) mass is 418 g/mol. The van der Waals surface area contributed by atoms with Gasteiger partial charge < -0.3 is 15.7 Å². The SMILES string of the molecule is CCNC(=NCc1ccccc1S(=O)(=O)N(C)C)NCC(C)(O)c1ccccc1. The highest BCUT2D eigenvalue weighted by Gasteiger charge is 2.23. The van der Waals surface area contributed by atoms with Crippen LogP contribution in [-0.4, -0.2) is 51.0 Å². The molecular formula is C21H30N4O3S. The fourth-order valence-electron chi connectivity index (χ4n) is 2.74. The van der Waals surface area contributed by atoms with Gasteiger partial charge >= 0.3 is 0 Å². The summed E-state index contributed by atoms with van der Waals surface area (Å²) in [6, 6.07) is 16.2. The topological polar surface area (TPSA) is 94.0 Å². The van der Waals surface area contributed by atoms with Crippen LogP contribution in [0.3, 0.4) is 0 Å². The van der Waals surface area contributed by atoms with Crippen molar-refractivity contribution in [3.05, 3.63) is 65.7 Å². The maximum Gasteiger partial charge on any atom is 0.242 e. The molecule has 0 heterocycles. The van der Waals surface area contributed by atoms with Crippen molar-refractivity contribution in [2.24, 2.45) is 4.99 Å². The van der Waals surface area contributed by atoms with E-state index < -0.39 is 15.6 Å². The van der Waals surface area contributed by atoms with Crippen LogP contribution in [0.25, 0.3) is 0 Å². The number of aliphatic hydroxyl groups is 1. The van der Waals surface area contributed by atoms with Gasteiger partial charge in [-0.2, -0.15) is 0 Å². The highest BCUT2D eigenvalue weighted by atomic mass is 32.2. The number of hydrogen-bond acceptors (Lipinski definition) is 4. The van der Waals surface area contributed by atoms with Gasteiger partial charge in [0.25, 0.3) is 0 Å². The van der Waals surface area contributed by atoms with Crippen LogP contribution in [0.2, 0.25) is 0 Å². The Hall–Kier alpha value is -2.42. The lowest BCUT2D eigenvalue weighted by Crippen LogP contribution is -2.44. The molecule has 0 fully saturated rings. The van der Waals surface area contributed by atoms with Gasteiger partial charge in [0.2, 0.25) is 10.0 Å². The molecule has 7 nitrogen and oxygen atoms in total. The minimum atomic E-state index is -3.56. The number of benzene rings is 2. The predicted octanol–water partition coefficient (Wildman–Crippen LogP) is 1.90. The molecule has 0 aliphatic carbocycles. The maximum absolute atomic E-state index is 12.6. The summed E-state index contributed by atoms with van der Waals surface area (Å²) >= 11 is 0. The Morgan fingerprint density at radius 1 is 1.07 bits per heavy atom. The Kier molecular flexibility index (Phi) is 7.78. The smallest absolute Gasteiger partial charge is 0.242 e. The average molecular weight is 419 g/mol. The molecule has 0 saturated heterocycles. The van der Waals surface area contributed by atoms with Crippen molar-refractivity contribution >= 4 is 16.0 Å². The van der Waals surface area contributed by atoms with Crippen LogP contribution in [0, 0.1) is 0 Å². The Bertz CT molecular complexity index is 926. The Balaban J connectivity index is 2.19. The van der Waals surface area contributed by atoms with Gasteiger partial charge in [-0.1, -0.05) is 48.5 Å². The van der Waals surface area contributed by atoms with Gasteiger partial charge in [0.15, 0.2) is 5.96 Å². The van der Waals surface area contributed by atoms with Crippen LogP contribution >= 0.6 is 0 Å². The first-order valence-electron chi connectivity index (χ1n) is 9.49. The third-order valence-corrected chi connectivity index (χ3v) is 6.39. The number of nitrogens with zero attached hydrogens (tertiary/aromatic N) is 2. The molecule has 2 aromatic carbocycles. The summed E-state index contributed by atoms with van der Waals surface area (Å²) in [7, 11) is -0.543. The number of hydrogen-bond donors (Lipinski definition) is 3. The lowest BCUT2D eigenvalue weighted by atomic mass is 9.96. The zero-order chi connectivity index (χ0) is 21.5. The first-order chi connectivity index (χ1) is 13.7. The van der Waals surface area contributed by atoms with E-state index >= 15 is 0 Å². The molecule has 0 aromatic heterocycles. The molecule has 1 atom stereocenters. The van der Waals surface area contributed by atoms with Crippen LogP contribution < -0.4 is 10.6 Å². The van der Waals surface area contributed by atoms with Gasteiger partial charge in [-0.25, -0.2) is 17.7 Å². The second-order valence-corrected chi connectivity index (χ2v) is 9.20. The van der Waals surface area contributed by atoms with Gasteiger partial charge in [-0.15, -0.1) is 0 Å². The van der Waals surface area contributed by atoms with Crippen LogP contribution in [0.15, 0.2) is 64.5 Å². The highest BCUT2D eigenvalue weighted by molar-refractivity contribution is 7.89. The van der Waals surface area contributed by atoms with E-state index in [1.54, 1.807) is 31.2 Å². The second-order valence-electron chi connectivity index (χ2n) is 7.08. The fourth-order valence-corrected chi connectivity index (χ4v) is 3.85. The second kappa shape index (κ2) is 9.87. The number of guanidine groups is 1. The molecule has 0 spiro atoms. The molecule has 1 unspecified atom stereocenters. The molecule has 0 aliphatic rings. The lowest BCUT2D eigenvalue weighted by Gasteiger charge is -2.25. The number of rotatable bonds is 8. The first-order valence-corrected chi connectivity index (χ1v) is 10.9. The standard InChI is InChI=1S/C21H30N4O3S/c1-5-22-20(24-16-21(2,26)18-12-7-6-8-13-18)23-15-17-11-9-10-14-19(17)29(27,28)25(3)4/h6-14,26H,5,15-16H2,1-4H3,(H2,22,23,24). The summed E-state index contributed by atoms with van der Waals surface area (Å²) in [5.74, 6) is 0.501. The van der Waals surface area contributed by atoms with Crippen LogP contribution in [0.1, 0.15) is 25.0 Å². The Morgan fingerprint density at radius 2 is 1.69 bits per heavy atom. The summed E-state index contributed by atoms with van der Waals surface area (Å²) in [6.07, 6.45) is 0. The van der Waals surface area contributed by atoms with Crippen LogP contribution in [-0.2, 0) is 22.2 Å². The third-order valence-electron chi connectivity index (χ3n) is 4.48. The van der Waals surface area contributed by atoms with E-state index in [2.05, 4.69) is 15.6 Å². The molecule has 0 amide bonds. The maximum atomic E-state index is 12.6. The van der Waals surface area contributed by atoms with Gasteiger partial charge in [0.1, 0.15) is 5.60 Å². The Morgan fingerprint density at radius 3 is 2.31 bits per heavy atom. The number of nitrogens with one attached hydrogen (secondary N) is 2. The minimum absolute atomic E-state index is 0.187. The van der Waals surface area contributed by atoms with Gasteiger partial charge in [0, 0.05) is 20.6 Å². The van der Waals surface area contributed by atoms with E-state index in [9.17, 15) is 13.5 Å². The van der Waals surface area contributed by atoms with Crippen molar-refractivity contribution < 1.29 is 13.5 Å². The zero-order valence-electron chi connectivity index (χ0n) is 17.4. The average Bonchev–Trinajstić information content (AvgIpc) is 2.71. The van der Waals surface area contributed by atoms with E-state index in [0.29, 0.717) is 18.1 Å². The van der Waals surface area contributed by atoms with E-state index in [4.69, 9.17) is 0 Å². The van der Waals surface area contributed by atoms with Gasteiger partial charge in [0.05, 0.1) is 18.0 Å². The molecule has 2 rings (SSSR count). The van der Waals surface area contributed by atoms with E-state index in [0.717, 1.165) is 5.56 Å². The molecule has 0 aliphatic heterocycles. The van der Waals surface area contributed by atoms with Gasteiger partial charge in [-0.05, 0) is 31.0 Å². The normalized spacial score (nSPS) is 14.5. The molecule has 3 N–H and O–H groups in total. The predicted molar refractivity (Wildman–Crippen MR) is 116 cm³/mol. The molecule has 29 heavy (non-hydrogen) atoms. The van der Waals surface area contributed by atoms with Crippen molar-refractivity contribution in [3.63, 3.8) is 0 Å². The zero-order valence-corrected chi connectivity index (χ0v) is 18.2. The van der Waals surface area contributed by atoms with E-state index in [-0.39, 0.29) is 18.0 Å². The number of sulfonamides is 1. The summed E-state index contributed by atoms with van der Waals surface area (Å²) in [5, 5.41) is 17.0. The molecule has 158 valence electrons. The largest absolute Gasteiger partial charge is 0.384 e. The van der Waals surface area contributed by atoms with Gasteiger partial charge in [-0.3, -0.25) is 0 Å². The molecule has 0 radical (unpaired) electrons. The van der Waals surface area contributed by atoms with Crippen molar-refractivity contribution in [2.45, 2.75) is 30.9 Å². The summed E-state index contributed by atoms with van der Waals surface area (Å²) in [6.45, 7) is 4.75. The van der Waals surface area contributed by atoms with E-state index in [1.165, 1.54) is 18.4 Å². The third kappa shape index (κ3) is 6.03. The Labute approximate surface area is 173 Å². The van der Waals surface area contributed by atoms with Crippen molar-refractivity contribution in [2.75, 3.05) is 27.2 Å². The molecule has 2 aromatic rings. The molecule has 0 bridgehead atoms. The minimum Gasteiger partial charge on any atom is -0.384 e. The quantitative estimate of drug-likeness (QED) is 0.450. The van der Waals surface area contributed by atoms with Crippen molar-refractivity contribution in [1.29, 1.82) is 0 Å². The lowest BCUT2D eigenvalue weighted by molar-refractivity contribution is 0.0617. The van der Waals surface area contributed by atoms with Crippen molar-refractivity contribution in [3.8, 4) is 0 Å². The molecular weight excluding hydrogens is 388 g/mol. The van der Waals surface area contributed by atoms with Crippen LogP contribution in [0.4, 0.5) is 0 Å². The molecule has 8 heteroatoms. The number of aliphatic imine (C=N–C) groups is 1. The molecule has 0 saturated carbocycles. The fraction of sp³-hybridized carbons (Fsp3) is 0.381. The summed E-state index contributed by atoms with van der Waals surface area (Å²) in [5.41, 5.74) is 0.322. The van der Waals surface area contributed by atoms with Crippen molar-refractivity contribution in [1.82, 2.24) is 14.9 Å². The van der Waals surface area contributed by atoms with E-state index in [1.807, 2.05) is 37.3 Å². The summed E-state index contributed by atoms with van der Waals surface area (Å²) < 4.78 is 26.3. The first kappa shape index (κ1) is 22.9. The summed E-state index contributed by atoms with van der Waals surface area (Å²) in [4.78, 5) is 4.75. The van der Waals surface area contributed by atoms with Crippen LogP contribution in [0.5, 0.6) is 0 Å². The highest BCUT2D eigenvalue weighted by Crippen LogP contribution is 2.20.